The molecule has 0 radical (unpaired) electrons. The molecular formula is C10H14BrNO. The van der Waals surface area contributed by atoms with Crippen molar-refractivity contribution in [1.82, 2.24) is 5.32 Å². The fourth-order valence-electron chi connectivity index (χ4n) is 1.90. The predicted molar refractivity (Wildman–Crippen MR) is 55.9 cm³/mol. The molecule has 2 nitrogen and oxygen atoms in total. The molecule has 72 valence electrons. The van der Waals surface area contributed by atoms with E-state index in [1.54, 1.807) is 0 Å². The molecule has 1 saturated heterocycles. The molecule has 13 heavy (non-hydrogen) atoms. The Balaban J connectivity index is 2.34. The van der Waals surface area contributed by atoms with Crippen LogP contribution < -0.4 is 5.32 Å². The van der Waals surface area contributed by atoms with E-state index < -0.39 is 0 Å². The highest BCUT2D eigenvalue weighted by atomic mass is 79.9. The van der Waals surface area contributed by atoms with Crippen LogP contribution in [0.5, 0.6) is 0 Å². The highest BCUT2D eigenvalue weighted by molar-refractivity contribution is 9.10. The molecule has 0 bridgehead atoms. The highest BCUT2D eigenvalue weighted by Gasteiger charge is 2.23. The summed E-state index contributed by atoms with van der Waals surface area (Å²) in [5.74, 6) is 2.10. The Labute approximate surface area is 86.8 Å². The van der Waals surface area contributed by atoms with Gasteiger partial charge in [0.2, 0.25) is 0 Å². The number of hydrogen-bond acceptors (Lipinski definition) is 2. The van der Waals surface area contributed by atoms with Crippen LogP contribution in [0.25, 0.3) is 0 Å². The third kappa shape index (κ3) is 1.55. The van der Waals surface area contributed by atoms with E-state index in [4.69, 9.17) is 4.42 Å². The molecule has 2 rings (SSSR count). The molecule has 1 aliphatic rings. The van der Waals surface area contributed by atoms with Gasteiger partial charge in [0.15, 0.2) is 0 Å². The fraction of sp³-hybridized carbons (Fsp3) is 0.600. The molecule has 3 heteroatoms. The van der Waals surface area contributed by atoms with Crippen molar-refractivity contribution >= 4 is 15.9 Å². The number of halogens is 1. The van der Waals surface area contributed by atoms with Gasteiger partial charge in [0, 0.05) is 5.56 Å². The highest BCUT2D eigenvalue weighted by Crippen LogP contribution is 2.33. The van der Waals surface area contributed by atoms with E-state index in [-0.39, 0.29) is 0 Å². The Kier molecular flexibility index (Phi) is 2.47. The lowest BCUT2D eigenvalue weighted by molar-refractivity contribution is 0.425. The summed E-state index contributed by atoms with van der Waals surface area (Å²) < 4.78 is 6.84. The van der Waals surface area contributed by atoms with Crippen molar-refractivity contribution in [2.45, 2.75) is 32.7 Å². The molecule has 1 atom stereocenters. The predicted octanol–water partition coefficient (Wildman–Crippen LogP) is 3.08. The monoisotopic (exact) mass is 243 g/mol. The molecule has 0 spiro atoms. The van der Waals surface area contributed by atoms with Crippen LogP contribution in [-0.2, 0) is 0 Å². The molecule has 0 aromatic carbocycles. The van der Waals surface area contributed by atoms with E-state index in [0.29, 0.717) is 6.04 Å². The topological polar surface area (TPSA) is 25.2 Å². The first kappa shape index (κ1) is 9.28. The molecular weight excluding hydrogens is 230 g/mol. The minimum Gasteiger partial charge on any atom is -0.463 e. The van der Waals surface area contributed by atoms with Crippen molar-refractivity contribution in [3.63, 3.8) is 0 Å². The molecule has 1 aliphatic heterocycles. The minimum atomic E-state index is 0.435. The van der Waals surface area contributed by atoms with Crippen LogP contribution in [0.4, 0.5) is 0 Å². The van der Waals surface area contributed by atoms with Gasteiger partial charge < -0.3 is 9.73 Å². The van der Waals surface area contributed by atoms with Gasteiger partial charge in [-0.15, -0.1) is 0 Å². The first-order valence-electron chi connectivity index (χ1n) is 4.69. The number of furan rings is 1. The SMILES string of the molecule is Cc1oc(C2CCCN2)c(C)c1Br. The second-order valence-corrected chi connectivity index (χ2v) is 4.40. The zero-order valence-corrected chi connectivity index (χ0v) is 9.57. The number of aryl methyl sites for hydroxylation is 1. The van der Waals surface area contributed by atoms with Crippen LogP contribution in [0.1, 0.15) is 36.0 Å². The average Bonchev–Trinajstić information content (AvgIpc) is 2.70. The van der Waals surface area contributed by atoms with Crippen molar-refractivity contribution in [2.75, 3.05) is 6.54 Å². The van der Waals surface area contributed by atoms with Gasteiger partial charge >= 0.3 is 0 Å². The first-order valence-corrected chi connectivity index (χ1v) is 5.48. The molecule has 2 heterocycles. The van der Waals surface area contributed by atoms with Crippen molar-refractivity contribution in [3.05, 3.63) is 21.6 Å². The standard InChI is InChI=1S/C10H14BrNO/c1-6-9(11)7(2)13-10(6)8-4-3-5-12-8/h8,12H,3-5H2,1-2H3. The van der Waals surface area contributed by atoms with Gasteiger partial charge in [-0.3, -0.25) is 0 Å². The lowest BCUT2D eigenvalue weighted by Crippen LogP contribution is -2.12. The third-order valence-electron chi connectivity index (χ3n) is 2.65. The molecule has 1 unspecified atom stereocenters. The second-order valence-electron chi connectivity index (χ2n) is 3.61. The molecule has 0 amide bonds. The summed E-state index contributed by atoms with van der Waals surface area (Å²) in [5.41, 5.74) is 1.25. The number of nitrogens with one attached hydrogen (secondary N) is 1. The van der Waals surface area contributed by atoms with Crippen LogP contribution in [0.2, 0.25) is 0 Å². The van der Waals surface area contributed by atoms with Crippen LogP contribution >= 0.6 is 15.9 Å². The van der Waals surface area contributed by atoms with Crippen molar-refractivity contribution in [2.24, 2.45) is 0 Å². The summed E-state index contributed by atoms with van der Waals surface area (Å²) in [4.78, 5) is 0. The van der Waals surface area contributed by atoms with Crippen LogP contribution in [-0.4, -0.2) is 6.54 Å². The zero-order chi connectivity index (χ0) is 9.42. The zero-order valence-electron chi connectivity index (χ0n) is 7.98. The Morgan fingerprint density at radius 2 is 2.23 bits per heavy atom. The van der Waals surface area contributed by atoms with E-state index in [1.165, 1.54) is 18.4 Å². The number of rotatable bonds is 1. The minimum absolute atomic E-state index is 0.435. The smallest absolute Gasteiger partial charge is 0.125 e. The van der Waals surface area contributed by atoms with E-state index in [2.05, 4.69) is 28.2 Å². The second kappa shape index (κ2) is 3.46. The normalized spacial score (nSPS) is 22.5. The Hall–Kier alpha value is -0.280. The fourth-order valence-corrected chi connectivity index (χ4v) is 2.18. The molecule has 0 saturated carbocycles. The summed E-state index contributed by atoms with van der Waals surface area (Å²) in [6, 6.07) is 0.435. The summed E-state index contributed by atoms with van der Waals surface area (Å²) in [7, 11) is 0. The molecule has 1 aromatic heterocycles. The quantitative estimate of drug-likeness (QED) is 0.821. The summed E-state index contributed by atoms with van der Waals surface area (Å²) in [5, 5.41) is 3.44. The lowest BCUT2D eigenvalue weighted by atomic mass is 10.1. The van der Waals surface area contributed by atoms with E-state index in [9.17, 15) is 0 Å². The maximum absolute atomic E-state index is 5.72. The Bertz CT molecular complexity index is 313. The van der Waals surface area contributed by atoms with E-state index in [0.717, 1.165) is 22.5 Å². The van der Waals surface area contributed by atoms with Gasteiger partial charge in [-0.2, -0.15) is 0 Å². The third-order valence-corrected chi connectivity index (χ3v) is 3.80. The lowest BCUT2D eigenvalue weighted by Gasteiger charge is -2.07. The maximum atomic E-state index is 5.72. The van der Waals surface area contributed by atoms with Crippen LogP contribution in [0, 0.1) is 13.8 Å². The van der Waals surface area contributed by atoms with Crippen LogP contribution in [0.15, 0.2) is 8.89 Å². The summed E-state index contributed by atoms with van der Waals surface area (Å²) >= 11 is 3.53. The number of hydrogen-bond donors (Lipinski definition) is 1. The van der Waals surface area contributed by atoms with Crippen LogP contribution in [0.3, 0.4) is 0 Å². The average molecular weight is 244 g/mol. The van der Waals surface area contributed by atoms with Gasteiger partial charge in [0.1, 0.15) is 11.5 Å². The first-order chi connectivity index (χ1) is 6.20. The van der Waals surface area contributed by atoms with Gasteiger partial charge in [-0.1, -0.05) is 0 Å². The van der Waals surface area contributed by atoms with Crippen molar-refractivity contribution < 1.29 is 4.42 Å². The van der Waals surface area contributed by atoms with Gasteiger partial charge in [-0.05, 0) is 49.2 Å². The van der Waals surface area contributed by atoms with Gasteiger partial charge in [-0.25, -0.2) is 0 Å². The van der Waals surface area contributed by atoms with Crippen molar-refractivity contribution in [3.8, 4) is 0 Å². The molecule has 1 N–H and O–H groups in total. The van der Waals surface area contributed by atoms with E-state index in [1.807, 2.05) is 6.92 Å². The molecule has 1 fully saturated rings. The maximum Gasteiger partial charge on any atom is 0.125 e. The summed E-state index contributed by atoms with van der Waals surface area (Å²) in [6.07, 6.45) is 2.45. The van der Waals surface area contributed by atoms with Crippen molar-refractivity contribution in [1.29, 1.82) is 0 Å². The Morgan fingerprint density at radius 3 is 2.69 bits per heavy atom. The van der Waals surface area contributed by atoms with Gasteiger partial charge in [0.05, 0.1) is 10.5 Å². The van der Waals surface area contributed by atoms with E-state index >= 15 is 0 Å². The summed E-state index contributed by atoms with van der Waals surface area (Å²) in [6.45, 7) is 5.22. The largest absolute Gasteiger partial charge is 0.463 e. The Morgan fingerprint density at radius 1 is 1.46 bits per heavy atom. The molecule has 0 aliphatic carbocycles. The molecule has 1 aromatic rings. The van der Waals surface area contributed by atoms with Gasteiger partial charge in [0.25, 0.3) is 0 Å².